The summed E-state index contributed by atoms with van der Waals surface area (Å²) in [6, 6.07) is 11.2. The van der Waals surface area contributed by atoms with Crippen LogP contribution in [0.2, 0.25) is 0 Å². The SMILES string of the molecule is CCOCc1ccccc1CNC(=O)Nc1ccc(OC)c(OCC(F)(F)F)c1. The maximum atomic E-state index is 12.4. The first kappa shape index (κ1) is 22.4. The number of carbonyl (C=O) groups is 1. The van der Waals surface area contributed by atoms with E-state index in [0.717, 1.165) is 11.1 Å². The van der Waals surface area contributed by atoms with Crippen LogP contribution in [0.1, 0.15) is 18.1 Å². The van der Waals surface area contributed by atoms with E-state index in [0.29, 0.717) is 13.2 Å². The third-order valence-electron chi connectivity index (χ3n) is 3.83. The van der Waals surface area contributed by atoms with Crippen LogP contribution in [0.15, 0.2) is 42.5 Å². The lowest BCUT2D eigenvalue weighted by Gasteiger charge is -2.15. The summed E-state index contributed by atoms with van der Waals surface area (Å²) in [6.45, 7) is 1.72. The first-order valence-electron chi connectivity index (χ1n) is 8.89. The fourth-order valence-electron chi connectivity index (χ4n) is 2.46. The number of urea groups is 1. The summed E-state index contributed by atoms with van der Waals surface area (Å²) < 4.78 is 52.4. The molecule has 0 saturated heterocycles. The van der Waals surface area contributed by atoms with E-state index in [1.165, 1.54) is 25.3 Å². The van der Waals surface area contributed by atoms with Crippen molar-refractivity contribution in [1.29, 1.82) is 0 Å². The van der Waals surface area contributed by atoms with Crippen molar-refractivity contribution < 1.29 is 32.2 Å². The third-order valence-corrected chi connectivity index (χ3v) is 3.83. The topological polar surface area (TPSA) is 68.8 Å². The molecule has 0 unspecified atom stereocenters. The van der Waals surface area contributed by atoms with Crippen LogP contribution in [0.5, 0.6) is 11.5 Å². The van der Waals surface area contributed by atoms with Crippen LogP contribution >= 0.6 is 0 Å². The van der Waals surface area contributed by atoms with Gasteiger partial charge in [0, 0.05) is 24.9 Å². The van der Waals surface area contributed by atoms with E-state index in [1.807, 2.05) is 31.2 Å². The van der Waals surface area contributed by atoms with Crippen LogP contribution < -0.4 is 20.1 Å². The van der Waals surface area contributed by atoms with Crippen molar-refractivity contribution >= 4 is 11.7 Å². The molecule has 2 N–H and O–H groups in total. The molecule has 6 nitrogen and oxygen atoms in total. The molecule has 0 saturated carbocycles. The van der Waals surface area contributed by atoms with Crippen LogP contribution in [0.25, 0.3) is 0 Å². The van der Waals surface area contributed by atoms with Gasteiger partial charge < -0.3 is 24.8 Å². The summed E-state index contributed by atoms with van der Waals surface area (Å²) in [7, 11) is 1.31. The van der Waals surface area contributed by atoms with Crippen LogP contribution in [-0.4, -0.2) is 32.5 Å². The molecule has 29 heavy (non-hydrogen) atoms. The molecule has 0 spiro atoms. The van der Waals surface area contributed by atoms with Crippen molar-refractivity contribution in [3.05, 3.63) is 53.6 Å². The fraction of sp³-hybridized carbons (Fsp3) is 0.350. The van der Waals surface area contributed by atoms with E-state index in [9.17, 15) is 18.0 Å². The highest BCUT2D eigenvalue weighted by molar-refractivity contribution is 5.89. The van der Waals surface area contributed by atoms with Crippen molar-refractivity contribution in [2.75, 3.05) is 25.6 Å². The summed E-state index contributed by atoms with van der Waals surface area (Å²) in [5.41, 5.74) is 2.13. The zero-order valence-corrected chi connectivity index (χ0v) is 16.1. The van der Waals surface area contributed by atoms with E-state index in [1.54, 1.807) is 0 Å². The van der Waals surface area contributed by atoms with Gasteiger partial charge in [0.1, 0.15) is 0 Å². The number of alkyl halides is 3. The number of anilines is 1. The van der Waals surface area contributed by atoms with Crippen molar-refractivity contribution in [2.45, 2.75) is 26.3 Å². The van der Waals surface area contributed by atoms with E-state index in [4.69, 9.17) is 14.2 Å². The molecule has 0 fully saturated rings. The average Bonchev–Trinajstić information content (AvgIpc) is 2.69. The normalized spacial score (nSPS) is 11.1. The zero-order chi connectivity index (χ0) is 21.3. The Morgan fingerprint density at radius 2 is 1.79 bits per heavy atom. The molecule has 2 rings (SSSR count). The summed E-state index contributed by atoms with van der Waals surface area (Å²) >= 11 is 0. The lowest BCUT2D eigenvalue weighted by Crippen LogP contribution is -2.28. The Morgan fingerprint density at radius 1 is 1.07 bits per heavy atom. The molecule has 0 aromatic heterocycles. The Labute approximate surface area is 167 Å². The molecule has 0 radical (unpaired) electrons. The first-order valence-corrected chi connectivity index (χ1v) is 8.89. The van der Waals surface area contributed by atoms with E-state index >= 15 is 0 Å². The van der Waals surface area contributed by atoms with Crippen LogP contribution in [0.3, 0.4) is 0 Å². The second kappa shape index (κ2) is 10.6. The monoisotopic (exact) mass is 412 g/mol. The molecule has 2 aromatic rings. The lowest BCUT2D eigenvalue weighted by molar-refractivity contribution is -0.153. The molecule has 0 aliphatic rings. The van der Waals surface area contributed by atoms with Crippen LogP contribution in [0, 0.1) is 0 Å². The number of hydrogen-bond acceptors (Lipinski definition) is 4. The highest BCUT2D eigenvalue weighted by atomic mass is 19.4. The molecule has 2 aromatic carbocycles. The number of methoxy groups -OCH3 is 1. The van der Waals surface area contributed by atoms with Crippen molar-refractivity contribution in [3.63, 3.8) is 0 Å². The van der Waals surface area contributed by atoms with Crippen LogP contribution in [0.4, 0.5) is 23.7 Å². The van der Waals surface area contributed by atoms with Gasteiger partial charge in [-0.1, -0.05) is 24.3 Å². The number of benzene rings is 2. The Morgan fingerprint density at radius 3 is 2.45 bits per heavy atom. The van der Waals surface area contributed by atoms with Gasteiger partial charge >= 0.3 is 12.2 Å². The fourth-order valence-corrected chi connectivity index (χ4v) is 2.46. The quantitative estimate of drug-likeness (QED) is 0.637. The van der Waals surface area contributed by atoms with Crippen molar-refractivity contribution in [3.8, 4) is 11.5 Å². The Bertz CT molecular complexity index is 813. The molecule has 0 aliphatic carbocycles. The lowest BCUT2D eigenvalue weighted by atomic mass is 10.1. The summed E-state index contributed by atoms with van der Waals surface area (Å²) in [5.74, 6) is 0.00902. The van der Waals surface area contributed by atoms with Gasteiger partial charge in [0.25, 0.3) is 0 Å². The minimum Gasteiger partial charge on any atom is -0.493 e. The van der Waals surface area contributed by atoms with Gasteiger partial charge in [-0.3, -0.25) is 0 Å². The van der Waals surface area contributed by atoms with Gasteiger partial charge in [-0.25, -0.2) is 4.79 Å². The predicted molar refractivity (Wildman–Crippen MR) is 102 cm³/mol. The summed E-state index contributed by atoms with van der Waals surface area (Å²) in [6.07, 6.45) is -4.49. The van der Waals surface area contributed by atoms with Gasteiger partial charge in [0.2, 0.25) is 0 Å². The van der Waals surface area contributed by atoms with Gasteiger partial charge in [0.15, 0.2) is 18.1 Å². The Kier molecular flexibility index (Phi) is 8.14. The Balaban J connectivity index is 1.98. The third kappa shape index (κ3) is 7.53. The molecule has 0 atom stereocenters. The van der Waals surface area contributed by atoms with Crippen molar-refractivity contribution in [2.24, 2.45) is 0 Å². The van der Waals surface area contributed by atoms with Crippen LogP contribution in [-0.2, 0) is 17.9 Å². The maximum absolute atomic E-state index is 12.4. The van der Waals surface area contributed by atoms with E-state index in [2.05, 4.69) is 10.6 Å². The van der Waals surface area contributed by atoms with Crippen molar-refractivity contribution in [1.82, 2.24) is 5.32 Å². The number of carbonyl (C=O) groups excluding carboxylic acids is 1. The van der Waals surface area contributed by atoms with E-state index in [-0.39, 0.29) is 23.7 Å². The maximum Gasteiger partial charge on any atom is 0.422 e. The molecule has 2 amide bonds. The molecule has 9 heteroatoms. The van der Waals surface area contributed by atoms with Gasteiger partial charge in [0.05, 0.1) is 13.7 Å². The molecular formula is C20H23F3N2O4. The minimum absolute atomic E-state index is 0.121. The number of amides is 2. The number of nitrogens with one attached hydrogen (secondary N) is 2. The number of hydrogen-bond donors (Lipinski definition) is 2. The standard InChI is InChI=1S/C20H23F3N2O4/c1-3-28-12-15-7-5-4-6-14(15)11-24-19(26)25-16-8-9-17(27-2)18(10-16)29-13-20(21,22)23/h4-10H,3,11-13H2,1-2H3,(H2,24,25,26). The second-order valence-electron chi connectivity index (χ2n) is 5.98. The molecule has 158 valence electrons. The average molecular weight is 412 g/mol. The number of ether oxygens (including phenoxy) is 3. The van der Waals surface area contributed by atoms with Gasteiger partial charge in [-0.05, 0) is 30.2 Å². The Hall–Kier alpha value is -2.94. The van der Waals surface area contributed by atoms with Gasteiger partial charge in [-0.2, -0.15) is 13.2 Å². The second-order valence-corrected chi connectivity index (χ2v) is 5.98. The molecule has 0 aliphatic heterocycles. The number of halogens is 3. The largest absolute Gasteiger partial charge is 0.493 e. The minimum atomic E-state index is -4.49. The highest BCUT2D eigenvalue weighted by Crippen LogP contribution is 2.31. The summed E-state index contributed by atoms with van der Waals surface area (Å²) in [5, 5.41) is 5.28. The highest BCUT2D eigenvalue weighted by Gasteiger charge is 2.29. The number of rotatable bonds is 9. The predicted octanol–water partition coefficient (Wildman–Crippen LogP) is 4.49. The molecule has 0 heterocycles. The zero-order valence-electron chi connectivity index (χ0n) is 16.1. The smallest absolute Gasteiger partial charge is 0.422 e. The van der Waals surface area contributed by atoms with E-state index < -0.39 is 18.8 Å². The van der Waals surface area contributed by atoms with Gasteiger partial charge in [-0.15, -0.1) is 0 Å². The summed E-state index contributed by atoms with van der Waals surface area (Å²) in [4.78, 5) is 12.2. The molecular weight excluding hydrogens is 389 g/mol. The molecule has 0 bridgehead atoms. The first-order chi connectivity index (χ1) is 13.8.